The summed E-state index contributed by atoms with van der Waals surface area (Å²) in [6.45, 7) is -0.0323. The molecule has 1 aromatic carbocycles. The van der Waals surface area contributed by atoms with Crippen LogP contribution in [-0.4, -0.2) is 15.1 Å². The molecule has 2 rings (SSSR count). The van der Waals surface area contributed by atoms with Crippen molar-refractivity contribution in [2.45, 2.75) is 17.5 Å². The molecule has 0 bridgehead atoms. The van der Waals surface area contributed by atoms with Crippen LogP contribution in [0.1, 0.15) is 11.1 Å². The lowest BCUT2D eigenvalue weighted by atomic mass is 10.2. The molecule has 1 heterocycles. The maximum atomic E-state index is 8.87. The summed E-state index contributed by atoms with van der Waals surface area (Å²) < 4.78 is 0. The van der Waals surface area contributed by atoms with Gasteiger partial charge in [-0.05, 0) is 11.6 Å². The molecule has 0 fully saturated rings. The summed E-state index contributed by atoms with van der Waals surface area (Å²) in [6.07, 6.45) is 3.25. The van der Waals surface area contributed by atoms with Crippen molar-refractivity contribution in [1.29, 1.82) is 0 Å². The lowest BCUT2D eigenvalue weighted by molar-refractivity contribution is 0.280. The third kappa shape index (κ3) is 3.43. The van der Waals surface area contributed by atoms with Crippen LogP contribution in [0.3, 0.4) is 0 Å². The summed E-state index contributed by atoms with van der Waals surface area (Å²) in [5, 5.41) is 10.3. The second-order valence-corrected chi connectivity index (χ2v) is 4.76. The number of aromatic nitrogens is 2. The largest absolute Gasteiger partial charge is 0.392 e. The van der Waals surface area contributed by atoms with Gasteiger partial charge >= 0.3 is 0 Å². The maximum absolute atomic E-state index is 8.87. The van der Waals surface area contributed by atoms with Gasteiger partial charge in [-0.25, -0.2) is 9.97 Å². The molecule has 0 aliphatic heterocycles. The average molecular weight is 267 g/mol. The first-order valence-electron chi connectivity index (χ1n) is 5.07. The van der Waals surface area contributed by atoms with Gasteiger partial charge in [0.1, 0.15) is 0 Å². The lowest BCUT2D eigenvalue weighted by Crippen LogP contribution is -1.91. The van der Waals surface area contributed by atoms with Crippen molar-refractivity contribution in [3.8, 4) is 0 Å². The van der Waals surface area contributed by atoms with E-state index in [1.165, 1.54) is 11.8 Å². The van der Waals surface area contributed by atoms with E-state index in [1.807, 2.05) is 24.3 Å². The van der Waals surface area contributed by atoms with E-state index in [1.54, 1.807) is 12.4 Å². The van der Waals surface area contributed by atoms with E-state index in [9.17, 15) is 0 Å². The predicted molar refractivity (Wildman–Crippen MR) is 69.0 cm³/mol. The fourth-order valence-electron chi connectivity index (χ4n) is 1.26. The van der Waals surface area contributed by atoms with Crippen molar-refractivity contribution in [2.75, 3.05) is 0 Å². The number of rotatable bonds is 4. The van der Waals surface area contributed by atoms with E-state index in [0.717, 1.165) is 16.3 Å². The molecule has 0 spiro atoms. The molecular weight excluding hydrogens is 256 g/mol. The third-order valence-corrected chi connectivity index (χ3v) is 3.47. The van der Waals surface area contributed by atoms with Gasteiger partial charge in [0.05, 0.1) is 6.61 Å². The minimum absolute atomic E-state index is 0.0323. The SMILES string of the molecule is OCc1cnc(SCc2ccccc2Cl)nc1. The molecule has 0 atom stereocenters. The summed E-state index contributed by atoms with van der Waals surface area (Å²) in [4.78, 5) is 8.29. The Hall–Kier alpha value is -1.10. The number of hydrogen-bond acceptors (Lipinski definition) is 4. The van der Waals surface area contributed by atoms with Gasteiger partial charge in [0.15, 0.2) is 5.16 Å². The number of aliphatic hydroxyl groups excluding tert-OH is 1. The maximum Gasteiger partial charge on any atom is 0.187 e. The molecule has 1 N–H and O–H groups in total. The van der Waals surface area contributed by atoms with Crippen LogP contribution in [0.2, 0.25) is 5.02 Å². The third-order valence-electron chi connectivity index (χ3n) is 2.18. The molecule has 0 aliphatic carbocycles. The summed E-state index contributed by atoms with van der Waals surface area (Å²) in [5.41, 5.74) is 1.78. The molecule has 88 valence electrons. The molecule has 0 unspecified atom stereocenters. The Morgan fingerprint density at radius 3 is 2.53 bits per heavy atom. The number of halogens is 1. The molecule has 3 nitrogen and oxygen atoms in total. The van der Waals surface area contributed by atoms with Crippen molar-refractivity contribution in [1.82, 2.24) is 9.97 Å². The minimum Gasteiger partial charge on any atom is -0.392 e. The van der Waals surface area contributed by atoms with Gasteiger partial charge < -0.3 is 5.11 Å². The molecule has 0 radical (unpaired) electrons. The lowest BCUT2D eigenvalue weighted by Gasteiger charge is -2.03. The number of thioether (sulfide) groups is 1. The van der Waals surface area contributed by atoms with Crippen LogP contribution in [0.25, 0.3) is 0 Å². The van der Waals surface area contributed by atoms with Gasteiger partial charge in [-0.3, -0.25) is 0 Å². The van der Waals surface area contributed by atoms with Crippen molar-refractivity contribution in [3.05, 3.63) is 52.8 Å². The van der Waals surface area contributed by atoms with Crippen LogP contribution in [0, 0.1) is 0 Å². The second-order valence-electron chi connectivity index (χ2n) is 3.41. The van der Waals surface area contributed by atoms with E-state index in [2.05, 4.69) is 9.97 Å². The number of aliphatic hydroxyl groups is 1. The highest BCUT2D eigenvalue weighted by molar-refractivity contribution is 7.98. The highest BCUT2D eigenvalue weighted by Crippen LogP contribution is 2.23. The second kappa shape index (κ2) is 6.00. The van der Waals surface area contributed by atoms with Crippen LogP contribution in [-0.2, 0) is 12.4 Å². The van der Waals surface area contributed by atoms with E-state index >= 15 is 0 Å². The van der Waals surface area contributed by atoms with Gasteiger partial charge in [-0.1, -0.05) is 41.6 Å². The molecule has 2 aromatic rings. The zero-order valence-electron chi connectivity index (χ0n) is 9.01. The van der Waals surface area contributed by atoms with E-state index in [4.69, 9.17) is 16.7 Å². The van der Waals surface area contributed by atoms with Gasteiger partial charge in [0.25, 0.3) is 0 Å². The van der Waals surface area contributed by atoms with Gasteiger partial charge in [0, 0.05) is 28.7 Å². The molecule has 0 aliphatic rings. The Morgan fingerprint density at radius 1 is 1.18 bits per heavy atom. The Bertz CT molecular complexity index is 490. The Morgan fingerprint density at radius 2 is 1.88 bits per heavy atom. The topological polar surface area (TPSA) is 46.0 Å². The van der Waals surface area contributed by atoms with Gasteiger partial charge in [-0.15, -0.1) is 0 Å². The smallest absolute Gasteiger partial charge is 0.187 e. The van der Waals surface area contributed by atoms with Crippen molar-refractivity contribution in [2.24, 2.45) is 0 Å². The first kappa shape index (κ1) is 12.4. The van der Waals surface area contributed by atoms with Crippen molar-refractivity contribution in [3.63, 3.8) is 0 Å². The summed E-state index contributed by atoms with van der Waals surface area (Å²) in [6, 6.07) is 7.71. The highest BCUT2D eigenvalue weighted by atomic mass is 35.5. The molecule has 17 heavy (non-hydrogen) atoms. The van der Waals surface area contributed by atoms with Crippen LogP contribution in [0.15, 0.2) is 41.8 Å². The van der Waals surface area contributed by atoms with E-state index < -0.39 is 0 Å². The zero-order valence-corrected chi connectivity index (χ0v) is 10.6. The zero-order chi connectivity index (χ0) is 12.1. The minimum atomic E-state index is -0.0323. The highest BCUT2D eigenvalue weighted by Gasteiger charge is 2.02. The van der Waals surface area contributed by atoms with Crippen molar-refractivity contribution < 1.29 is 5.11 Å². The van der Waals surface area contributed by atoms with Crippen LogP contribution in [0.5, 0.6) is 0 Å². The first-order chi connectivity index (χ1) is 8.29. The number of hydrogen-bond donors (Lipinski definition) is 1. The Labute approximate surface area is 109 Å². The summed E-state index contributed by atoms with van der Waals surface area (Å²) in [7, 11) is 0. The summed E-state index contributed by atoms with van der Waals surface area (Å²) in [5.74, 6) is 0.734. The normalized spacial score (nSPS) is 10.5. The van der Waals surface area contributed by atoms with Crippen molar-refractivity contribution >= 4 is 23.4 Å². The number of nitrogens with zero attached hydrogens (tertiary/aromatic N) is 2. The predicted octanol–water partition coefficient (Wildman–Crippen LogP) is 2.91. The molecule has 1 aromatic heterocycles. The molecule has 0 saturated heterocycles. The molecule has 5 heteroatoms. The van der Waals surface area contributed by atoms with Gasteiger partial charge in [-0.2, -0.15) is 0 Å². The molecule has 0 amide bonds. The van der Waals surface area contributed by atoms with Crippen LogP contribution >= 0.6 is 23.4 Å². The quantitative estimate of drug-likeness (QED) is 0.683. The first-order valence-corrected chi connectivity index (χ1v) is 6.44. The van der Waals surface area contributed by atoms with E-state index in [-0.39, 0.29) is 6.61 Å². The fourth-order valence-corrected chi connectivity index (χ4v) is 2.33. The fraction of sp³-hybridized carbons (Fsp3) is 0.167. The molecular formula is C12H11ClN2OS. The Balaban J connectivity index is 2.00. The number of benzene rings is 1. The van der Waals surface area contributed by atoms with Crippen LogP contribution < -0.4 is 0 Å². The summed E-state index contributed by atoms with van der Waals surface area (Å²) >= 11 is 7.57. The molecule has 0 saturated carbocycles. The average Bonchev–Trinajstić information content (AvgIpc) is 2.38. The van der Waals surface area contributed by atoms with Gasteiger partial charge in [0.2, 0.25) is 0 Å². The standard InChI is InChI=1S/C12H11ClN2OS/c13-11-4-2-1-3-10(11)8-17-12-14-5-9(7-16)6-15-12/h1-6,16H,7-8H2. The Kier molecular flexibility index (Phi) is 4.36. The monoisotopic (exact) mass is 266 g/mol. The van der Waals surface area contributed by atoms with Crippen LogP contribution in [0.4, 0.5) is 0 Å². The van der Waals surface area contributed by atoms with E-state index in [0.29, 0.717) is 10.7 Å².